The lowest BCUT2D eigenvalue weighted by atomic mass is 10.1. The van der Waals surface area contributed by atoms with E-state index < -0.39 is 0 Å². The van der Waals surface area contributed by atoms with Gasteiger partial charge in [0.2, 0.25) is 11.8 Å². The summed E-state index contributed by atoms with van der Waals surface area (Å²) in [7, 11) is 5.11. The molecule has 1 aliphatic heterocycles. The van der Waals surface area contributed by atoms with Gasteiger partial charge in [-0.1, -0.05) is 0 Å². The Hall–Kier alpha value is -2.77. The fourth-order valence-corrected chi connectivity index (χ4v) is 2.55. The van der Waals surface area contributed by atoms with Crippen LogP contribution >= 0.6 is 0 Å². The minimum absolute atomic E-state index is 0.119. The monoisotopic (exact) mass is 361 g/mol. The SMILES string of the molecule is CNC(=O)CN1Cc2cc(OCCCCC(=O)N(C)C)ccc2N=C1N. The molecule has 0 atom stereocenters. The third kappa shape index (κ3) is 5.37. The van der Waals surface area contributed by atoms with Crippen molar-refractivity contribution in [2.75, 3.05) is 34.3 Å². The van der Waals surface area contributed by atoms with Crippen molar-refractivity contribution in [2.45, 2.75) is 25.8 Å². The molecule has 1 aromatic carbocycles. The minimum Gasteiger partial charge on any atom is -0.494 e. The number of ether oxygens (including phenoxy) is 1. The van der Waals surface area contributed by atoms with Crippen LogP contribution in [0.2, 0.25) is 0 Å². The number of nitrogens with zero attached hydrogens (tertiary/aromatic N) is 3. The molecule has 0 saturated heterocycles. The fraction of sp³-hybridized carbons (Fsp3) is 0.500. The molecular formula is C18H27N5O3. The van der Waals surface area contributed by atoms with Gasteiger partial charge in [0.15, 0.2) is 5.96 Å². The van der Waals surface area contributed by atoms with E-state index in [9.17, 15) is 9.59 Å². The number of amides is 2. The number of likely N-dealkylation sites (N-methyl/N-ethyl adjacent to an activating group) is 1. The van der Waals surface area contributed by atoms with Gasteiger partial charge in [-0.3, -0.25) is 9.59 Å². The summed E-state index contributed by atoms with van der Waals surface area (Å²) in [6.45, 7) is 1.22. The Bertz CT molecular complexity index is 687. The fourth-order valence-electron chi connectivity index (χ4n) is 2.55. The Kier molecular flexibility index (Phi) is 6.82. The van der Waals surface area contributed by atoms with Gasteiger partial charge >= 0.3 is 0 Å². The maximum atomic E-state index is 11.6. The molecule has 26 heavy (non-hydrogen) atoms. The first kappa shape index (κ1) is 19.6. The molecule has 8 heteroatoms. The highest BCUT2D eigenvalue weighted by molar-refractivity contribution is 5.88. The normalized spacial score (nSPS) is 12.9. The summed E-state index contributed by atoms with van der Waals surface area (Å²) in [6, 6.07) is 5.65. The Labute approximate surface area is 154 Å². The largest absolute Gasteiger partial charge is 0.494 e. The third-order valence-corrected chi connectivity index (χ3v) is 4.14. The van der Waals surface area contributed by atoms with E-state index in [0.29, 0.717) is 25.5 Å². The zero-order chi connectivity index (χ0) is 19.1. The van der Waals surface area contributed by atoms with E-state index in [1.807, 2.05) is 18.2 Å². The number of hydrogen-bond donors (Lipinski definition) is 2. The molecule has 0 saturated carbocycles. The number of nitrogens with two attached hydrogens (primary N) is 1. The van der Waals surface area contributed by atoms with Crippen molar-refractivity contribution >= 4 is 23.5 Å². The predicted octanol–water partition coefficient (Wildman–Crippen LogP) is 0.832. The lowest BCUT2D eigenvalue weighted by molar-refractivity contribution is -0.128. The molecule has 1 heterocycles. The molecule has 1 aliphatic rings. The van der Waals surface area contributed by atoms with Crippen LogP contribution < -0.4 is 15.8 Å². The number of carbonyl (C=O) groups is 2. The molecule has 0 fully saturated rings. The number of nitrogens with one attached hydrogen (secondary N) is 1. The summed E-state index contributed by atoms with van der Waals surface area (Å²) in [4.78, 5) is 30.8. The molecule has 0 radical (unpaired) electrons. The van der Waals surface area contributed by atoms with Crippen LogP contribution in [0.15, 0.2) is 23.2 Å². The number of rotatable bonds is 8. The molecule has 0 spiro atoms. The van der Waals surface area contributed by atoms with Crippen molar-refractivity contribution in [3.05, 3.63) is 23.8 Å². The number of benzene rings is 1. The Morgan fingerprint density at radius 1 is 1.35 bits per heavy atom. The zero-order valence-corrected chi connectivity index (χ0v) is 15.6. The molecule has 0 bridgehead atoms. The van der Waals surface area contributed by atoms with E-state index in [1.54, 1.807) is 30.9 Å². The molecule has 1 aromatic rings. The molecule has 0 aromatic heterocycles. The molecule has 0 unspecified atom stereocenters. The number of hydrogen-bond acceptors (Lipinski definition) is 6. The smallest absolute Gasteiger partial charge is 0.239 e. The quantitative estimate of drug-likeness (QED) is 0.668. The first-order chi connectivity index (χ1) is 12.4. The van der Waals surface area contributed by atoms with Crippen LogP contribution in [-0.4, -0.2) is 61.9 Å². The van der Waals surface area contributed by atoms with E-state index >= 15 is 0 Å². The second-order valence-corrected chi connectivity index (χ2v) is 6.38. The Morgan fingerprint density at radius 2 is 2.12 bits per heavy atom. The number of unbranched alkanes of at least 4 members (excludes halogenated alkanes) is 1. The lowest BCUT2D eigenvalue weighted by Gasteiger charge is -2.27. The first-order valence-electron chi connectivity index (χ1n) is 8.66. The summed E-state index contributed by atoms with van der Waals surface area (Å²) in [5, 5.41) is 2.58. The van der Waals surface area contributed by atoms with E-state index in [4.69, 9.17) is 10.5 Å². The van der Waals surface area contributed by atoms with Crippen molar-refractivity contribution in [1.29, 1.82) is 0 Å². The van der Waals surface area contributed by atoms with Gasteiger partial charge in [0.25, 0.3) is 0 Å². The number of guanidine groups is 1. The minimum atomic E-state index is -0.119. The summed E-state index contributed by atoms with van der Waals surface area (Å²) < 4.78 is 5.78. The highest BCUT2D eigenvalue weighted by Crippen LogP contribution is 2.29. The van der Waals surface area contributed by atoms with Crippen LogP contribution in [0.3, 0.4) is 0 Å². The summed E-state index contributed by atoms with van der Waals surface area (Å²) in [5.41, 5.74) is 7.68. The average Bonchev–Trinajstić information content (AvgIpc) is 2.61. The first-order valence-corrected chi connectivity index (χ1v) is 8.66. The highest BCUT2D eigenvalue weighted by atomic mass is 16.5. The second-order valence-electron chi connectivity index (χ2n) is 6.38. The maximum absolute atomic E-state index is 11.6. The van der Waals surface area contributed by atoms with Gasteiger partial charge in [0, 0.05) is 39.7 Å². The van der Waals surface area contributed by atoms with Crippen LogP contribution in [0.4, 0.5) is 5.69 Å². The molecular weight excluding hydrogens is 334 g/mol. The summed E-state index contributed by atoms with van der Waals surface area (Å²) >= 11 is 0. The van der Waals surface area contributed by atoms with Gasteiger partial charge in [0.05, 0.1) is 18.8 Å². The van der Waals surface area contributed by atoms with Gasteiger partial charge in [-0.05, 0) is 31.0 Å². The van der Waals surface area contributed by atoms with Crippen molar-refractivity contribution < 1.29 is 14.3 Å². The van der Waals surface area contributed by atoms with Gasteiger partial charge in [-0.25, -0.2) is 4.99 Å². The van der Waals surface area contributed by atoms with E-state index in [-0.39, 0.29) is 18.4 Å². The number of fused-ring (bicyclic) bond motifs is 1. The van der Waals surface area contributed by atoms with Crippen molar-refractivity contribution in [1.82, 2.24) is 15.1 Å². The summed E-state index contributed by atoms with van der Waals surface area (Å²) in [5.74, 6) is 1.09. The Balaban J connectivity index is 1.88. The number of carbonyl (C=O) groups excluding carboxylic acids is 2. The molecule has 2 amide bonds. The molecule has 8 nitrogen and oxygen atoms in total. The standard InChI is InChI=1S/C18H27N5O3/c1-20-16(24)12-23-11-13-10-14(7-8-15(13)21-18(23)19)26-9-5-4-6-17(25)22(2)3/h7-8,10H,4-6,9,11-12H2,1-3H3,(H2,19,21)(H,20,24). The van der Waals surface area contributed by atoms with E-state index in [2.05, 4.69) is 10.3 Å². The molecule has 2 rings (SSSR count). The van der Waals surface area contributed by atoms with Crippen molar-refractivity contribution in [3.8, 4) is 5.75 Å². The topological polar surface area (TPSA) is 100 Å². The number of aliphatic imine (C=N–C) groups is 1. The van der Waals surface area contributed by atoms with Gasteiger partial charge < -0.3 is 25.6 Å². The van der Waals surface area contributed by atoms with E-state index in [1.165, 1.54) is 0 Å². The molecule has 0 aliphatic carbocycles. The van der Waals surface area contributed by atoms with Crippen molar-refractivity contribution in [3.63, 3.8) is 0 Å². The molecule has 3 N–H and O–H groups in total. The van der Waals surface area contributed by atoms with Gasteiger partial charge in [-0.15, -0.1) is 0 Å². The highest BCUT2D eigenvalue weighted by Gasteiger charge is 2.20. The lowest BCUT2D eigenvalue weighted by Crippen LogP contribution is -2.44. The van der Waals surface area contributed by atoms with Gasteiger partial charge in [-0.2, -0.15) is 0 Å². The van der Waals surface area contributed by atoms with E-state index in [0.717, 1.165) is 29.8 Å². The van der Waals surface area contributed by atoms with Gasteiger partial charge in [0.1, 0.15) is 5.75 Å². The predicted molar refractivity (Wildman–Crippen MR) is 100 cm³/mol. The van der Waals surface area contributed by atoms with Crippen LogP contribution in [0.1, 0.15) is 24.8 Å². The maximum Gasteiger partial charge on any atom is 0.239 e. The van der Waals surface area contributed by atoms with Crippen molar-refractivity contribution in [2.24, 2.45) is 10.7 Å². The molecule has 142 valence electrons. The van der Waals surface area contributed by atoms with Crippen LogP contribution in [0.5, 0.6) is 5.75 Å². The van der Waals surface area contributed by atoms with Crippen LogP contribution in [-0.2, 0) is 16.1 Å². The zero-order valence-electron chi connectivity index (χ0n) is 15.6. The second kappa shape index (κ2) is 9.07. The average molecular weight is 361 g/mol. The third-order valence-electron chi connectivity index (χ3n) is 4.14. The van der Waals surface area contributed by atoms with Crippen LogP contribution in [0.25, 0.3) is 0 Å². The van der Waals surface area contributed by atoms with Crippen LogP contribution in [0, 0.1) is 0 Å². The summed E-state index contributed by atoms with van der Waals surface area (Å²) in [6.07, 6.45) is 2.14. The Morgan fingerprint density at radius 3 is 2.81 bits per heavy atom.